The molecule has 2 heterocycles. The average Bonchev–Trinajstić information content (AvgIpc) is 2.75. The number of aliphatic carboxylic acids is 1. The SMILES string of the molecule is CO[C@H]1CCC[C@H]2C1=C(C(=O)O)N1C(=O)/C(=C\C(F)(F)F)[C@@H]21. The van der Waals surface area contributed by atoms with Gasteiger partial charge in [-0.15, -0.1) is 0 Å². The highest BCUT2D eigenvalue weighted by Crippen LogP contribution is 2.52. The second kappa shape index (κ2) is 4.84. The lowest BCUT2D eigenvalue weighted by atomic mass is 9.75. The van der Waals surface area contributed by atoms with Crippen LogP contribution < -0.4 is 0 Å². The zero-order chi connectivity index (χ0) is 16.2. The number of hydrogen-bond acceptors (Lipinski definition) is 3. The van der Waals surface area contributed by atoms with Gasteiger partial charge in [-0.3, -0.25) is 9.69 Å². The first-order valence-electron chi connectivity index (χ1n) is 6.89. The molecule has 2 aliphatic heterocycles. The maximum absolute atomic E-state index is 12.6. The molecular formula is C14H14F3NO4. The Kier molecular flexibility index (Phi) is 3.32. The van der Waals surface area contributed by atoms with E-state index in [9.17, 15) is 27.9 Å². The molecule has 0 spiro atoms. The number of β-lactam (4-membered cyclic amide) rings is 1. The summed E-state index contributed by atoms with van der Waals surface area (Å²) in [5.74, 6) is -2.58. The van der Waals surface area contributed by atoms with Gasteiger partial charge in [-0.1, -0.05) is 0 Å². The molecule has 5 nitrogen and oxygen atoms in total. The van der Waals surface area contributed by atoms with Crippen LogP contribution >= 0.6 is 0 Å². The maximum Gasteiger partial charge on any atom is 0.410 e. The first-order valence-corrected chi connectivity index (χ1v) is 6.89. The third-order valence-corrected chi connectivity index (χ3v) is 4.49. The number of carbonyl (C=O) groups is 2. The van der Waals surface area contributed by atoms with Crippen molar-refractivity contribution >= 4 is 11.9 Å². The lowest BCUT2D eigenvalue weighted by Gasteiger charge is -2.42. The second-order valence-corrected chi connectivity index (χ2v) is 5.63. The minimum atomic E-state index is -4.60. The fourth-order valence-electron chi connectivity index (χ4n) is 3.77. The van der Waals surface area contributed by atoms with Crippen molar-refractivity contribution in [2.24, 2.45) is 5.92 Å². The van der Waals surface area contributed by atoms with E-state index in [0.717, 1.165) is 11.3 Å². The van der Waals surface area contributed by atoms with Gasteiger partial charge in [0.15, 0.2) is 0 Å². The topological polar surface area (TPSA) is 66.8 Å². The molecule has 2 fully saturated rings. The van der Waals surface area contributed by atoms with Crippen molar-refractivity contribution in [1.29, 1.82) is 0 Å². The van der Waals surface area contributed by atoms with Crippen LogP contribution in [0.3, 0.4) is 0 Å². The van der Waals surface area contributed by atoms with E-state index in [-0.39, 0.29) is 17.3 Å². The van der Waals surface area contributed by atoms with E-state index in [1.807, 2.05) is 0 Å². The number of rotatable bonds is 2. The van der Waals surface area contributed by atoms with Gasteiger partial charge >= 0.3 is 12.1 Å². The summed E-state index contributed by atoms with van der Waals surface area (Å²) in [6, 6.07) is -0.826. The number of carboxylic acid groups (broad SMARTS) is 1. The Bertz CT molecular complexity index is 608. The summed E-state index contributed by atoms with van der Waals surface area (Å²) >= 11 is 0. The molecule has 3 rings (SSSR count). The quantitative estimate of drug-likeness (QED) is 0.623. The number of alkyl halides is 3. The predicted octanol–water partition coefficient (Wildman–Crippen LogP) is 1.85. The number of allylic oxidation sites excluding steroid dienone is 1. The monoisotopic (exact) mass is 317 g/mol. The summed E-state index contributed by atoms with van der Waals surface area (Å²) in [6.45, 7) is 0. The highest BCUT2D eigenvalue weighted by molar-refractivity contribution is 6.09. The van der Waals surface area contributed by atoms with Crippen LogP contribution in [0.15, 0.2) is 22.9 Å². The third kappa shape index (κ3) is 2.05. The molecule has 3 atom stereocenters. The summed E-state index contributed by atoms with van der Waals surface area (Å²) in [4.78, 5) is 24.5. The molecule has 0 radical (unpaired) electrons. The lowest BCUT2D eigenvalue weighted by molar-refractivity contribution is -0.143. The standard InChI is InChI=1S/C14H14F3NO4/c1-22-8-4-2-3-6-9(8)11(13(20)21)18-10(6)7(12(18)19)5-14(15,16)17/h5-6,8,10H,2-4H2,1H3,(H,20,21)/b7-5-/t6-,8-,10+/m0/s1. The van der Waals surface area contributed by atoms with Crippen LogP contribution in [0.1, 0.15) is 19.3 Å². The minimum absolute atomic E-state index is 0.00464. The predicted molar refractivity (Wildman–Crippen MR) is 67.6 cm³/mol. The molecule has 1 amide bonds. The normalized spacial score (nSPS) is 32.9. The van der Waals surface area contributed by atoms with Crippen LogP contribution in [-0.4, -0.2) is 47.3 Å². The van der Waals surface area contributed by atoms with Gasteiger partial charge in [-0.2, -0.15) is 13.2 Å². The maximum atomic E-state index is 12.6. The summed E-state index contributed by atoms with van der Waals surface area (Å²) in [7, 11) is 1.43. The number of hydrogen-bond donors (Lipinski definition) is 1. The van der Waals surface area contributed by atoms with Crippen molar-refractivity contribution in [3.05, 3.63) is 22.9 Å². The van der Waals surface area contributed by atoms with Gasteiger partial charge in [-0.05, 0) is 24.8 Å². The van der Waals surface area contributed by atoms with Gasteiger partial charge in [0.25, 0.3) is 5.91 Å². The van der Waals surface area contributed by atoms with Crippen molar-refractivity contribution in [2.75, 3.05) is 7.11 Å². The Hall–Kier alpha value is -1.83. The molecule has 3 aliphatic rings. The number of nitrogens with zero attached hydrogens (tertiary/aromatic N) is 1. The summed E-state index contributed by atoms with van der Waals surface area (Å²) in [6.07, 6.45) is -3.19. The molecule has 0 aromatic carbocycles. The molecule has 22 heavy (non-hydrogen) atoms. The zero-order valence-electron chi connectivity index (χ0n) is 11.7. The fourth-order valence-corrected chi connectivity index (χ4v) is 3.77. The molecule has 8 heteroatoms. The van der Waals surface area contributed by atoms with Gasteiger partial charge < -0.3 is 9.84 Å². The number of methoxy groups -OCH3 is 1. The van der Waals surface area contributed by atoms with Gasteiger partial charge in [0.1, 0.15) is 5.70 Å². The van der Waals surface area contributed by atoms with E-state index in [1.165, 1.54) is 7.11 Å². The lowest BCUT2D eigenvalue weighted by Crippen LogP contribution is -2.55. The van der Waals surface area contributed by atoms with Crippen LogP contribution in [0.2, 0.25) is 0 Å². The van der Waals surface area contributed by atoms with Crippen molar-refractivity contribution in [3.63, 3.8) is 0 Å². The number of carboxylic acids is 1. The van der Waals surface area contributed by atoms with E-state index >= 15 is 0 Å². The zero-order valence-corrected chi connectivity index (χ0v) is 11.7. The van der Waals surface area contributed by atoms with Crippen LogP contribution in [0.4, 0.5) is 13.2 Å². The first kappa shape index (κ1) is 15.1. The van der Waals surface area contributed by atoms with E-state index in [4.69, 9.17) is 4.74 Å². The Balaban J connectivity index is 2.06. The first-order chi connectivity index (χ1) is 10.3. The third-order valence-electron chi connectivity index (χ3n) is 4.49. The smallest absolute Gasteiger partial charge is 0.410 e. The molecule has 1 aliphatic carbocycles. The Morgan fingerprint density at radius 2 is 2.09 bits per heavy atom. The minimum Gasteiger partial charge on any atom is -0.477 e. The van der Waals surface area contributed by atoms with Gasteiger partial charge in [0.05, 0.1) is 12.1 Å². The summed E-state index contributed by atoms with van der Waals surface area (Å²) < 4.78 is 43.0. The van der Waals surface area contributed by atoms with Gasteiger partial charge in [-0.25, -0.2) is 4.79 Å². The molecule has 120 valence electrons. The molecule has 0 bridgehead atoms. The van der Waals surface area contributed by atoms with Crippen molar-refractivity contribution in [2.45, 2.75) is 37.6 Å². The van der Waals surface area contributed by atoms with Crippen LogP contribution in [0, 0.1) is 5.92 Å². The van der Waals surface area contributed by atoms with Crippen molar-refractivity contribution < 1.29 is 32.6 Å². The molecule has 0 aromatic heterocycles. The van der Waals surface area contributed by atoms with Gasteiger partial charge in [0, 0.05) is 24.7 Å². The van der Waals surface area contributed by atoms with Crippen LogP contribution in [0.5, 0.6) is 0 Å². The highest BCUT2D eigenvalue weighted by Gasteiger charge is 2.59. The fraction of sp³-hybridized carbons (Fsp3) is 0.571. The van der Waals surface area contributed by atoms with Crippen molar-refractivity contribution in [1.82, 2.24) is 4.90 Å². The Morgan fingerprint density at radius 1 is 1.41 bits per heavy atom. The van der Waals surface area contributed by atoms with Crippen LogP contribution in [0.25, 0.3) is 0 Å². The number of amides is 1. The largest absolute Gasteiger partial charge is 0.477 e. The number of ether oxygens (including phenoxy) is 1. The van der Waals surface area contributed by atoms with E-state index in [2.05, 4.69) is 0 Å². The number of halogens is 3. The average molecular weight is 317 g/mol. The summed E-state index contributed by atoms with van der Waals surface area (Å²) in [5.41, 5.74) is -0.112. The molecule has 1 N–H and O–H groups in total. The van der Waals surface area contributed by atoms with Crippen LogP contribution in [-0.2, 0) is 14.3 Å². The van der Waals surface area contributed by atoms with E-state index < -0.39 is 36.1 Å². The molecular weight excluding hydrogens is 303 g/mol. The second-order valence-electron chi connectivity index (χ2n) is 5.63. The number of fused-ring (bicyclic) bond motifs is 3. The van der Waals surface area contributed by atoms with Crippen molar-refractivity contribution in [3.8, 4) is 0 Å². The molecule has 0 unspecified atom stereocenters. The summed E-state index contributed by atoms with van der Waals surface area (Å²) in [5, 5.41) is 9.38. The highest BCUT2D eigenvalue weighted by atomic mass is 19.4. The Labute approximate surface area is 124 Å². The number of carbonyl (C=O) groups excluding carboxylic acids is 1. The molecule has 1 saturated carbocycles. The molecule has 1 saturated heterocycles. The van der Waals surface area contributed by atoms with E-state index in [0.29, 0.717) is 18.4 Å². The van der Waals surface area contributed by atoms with Gasteiger partial charge in [0.2, 0.25) is 0 Å². The van der Waals surface area contributed by atoms with E-state index in [1.54, 1.807) is 0 Å². The molecule has 0 aromatic rings. The Morgan fingerprint density at radius 3 is 2.64 bits per heavy atom.